The highest BCUT2D eigenvalue weighted by molar-refractivity contribution is 9.09. The third kappa shape index (κ3) is 4.63. The molecular weight excluding hydrogens is 334 g/mol. The van der Waals surface area contributed by atoms with E-state index in [9.17, 15) is 4.79 Å². The molecule has 21 heavy (non-hydrogen) atoms. The zero-order valence-electron chi connectivity index (χ0n) is 13.2. The maximum Gasteiger partial charge on any atom is 0.251 e. The highest BCUT2D eigenvalue weighted by Crippen LogP contribution is 2.28. The molecule has 0 aliphatic rings. The Hall–Kier alpha value is -1.23. The Kier molecular flexibility index (Phi) is 7.02. The van der Waals surface area contributed by atoms with Gasteiger partial charge in [-0.25, -0.2) is 0 Å². The van der Waals surface area contributed by atoms with Crippen molar-refractivity contribution in [3.63, 3.8) is 0 Å². The molecular formula is C16H24BrNO3. The van der Waals surface area contributed by atoms with E-state index < -0.39 is 0 Å². The van der Waals surface area contributed by atoms with Crippen LogP contribution in [0.3, 0.4) is 0 Å². The normalized spacial score (nSPS) is 11.1. The topological polar surface area (TPSA) is 47.6 Å². The van der Waals surface area contributed by atoms with E-state index in [-0.39, 0.29) is 11.3 Å². The average Bonchev–Trinajstić information content (AvgIpc) is 2.55. The lowest BCUT2D eigenvalue weighted by Crippen LogP contribution is -2.38. The van der Waals surface area contributed by atoms with Gasteiger partial charge in [-0.15, -0.1) is 0 Å². The van der Waals surface area contributed by atoms with Gasteiger partial charge in [-0.2, -0.15) is 0 Å². The maximum atomic E-state index is 12.3. The molecule has 0 bridgehead atoms. The summed E-state index contributed by atoms with van der Waals surface area (Å²) < 4.78 is 10.4. The van der Waals surface area contributed by atoms with Crippen LogP contribution in [-0.4, -0.2) is 32.0 Å². The van der Waals surface area contributed by atoms with Crippen molar-refractivity contribution in [1.82, 2.24) is 5.32 Å². The van der Waals surface area contributed by atoms with E-state index in [4.69, 9.17) is 9.47 Å². The Morgan fingerprint density at radius 3 is 2.05 bits per heavy atom. The van der Waals surface area contributed by atoms with Crippen LogP contribution >= 0.6 is 15.9 Å². The van der Waals surface area contributed by atoms with Gasteiger partial charge >= 0.3 is 0 Å². The van der Waals surface area contributed by atoms with Gasteiger partial charge in [0, 0.05) is 23.5 Å². The molecule has 1 aromatic rings. The molecule has 0 radical (unpaired) electrons. The summed E-state index contributed by atoms with van der Waals surface area (Å²) >= 11 is 3.55. The highest BCUT2D eigenvalue weighted by Gasteiger charge is 2.25. The van der Waals surface area contributed by atoms with Crippen LogP contribution in [0, 0.1) is 5.41 Å². The Morgan fingerprint density at radius 1 is 1.14 bits per heavy atom. The standard InChI is InChI=1S/C16H24BrNO3/c1-5-16(6-2,10-17)11-18-15(19)12-7-13(20-3)9-14(8-12)21-4/h7-9H,5-6,10-11H2,1-4H3,(H,18,19). The van der Waals surface area contributed by atoms with E-state index >= 15 is 0 Å². The van der Waals surface area contributed by atoms with Crippen molar-refractivity contribution in [1.29, 1.82) is 0 Å². The van der Waals surface area contributed by atoms with Crippen LogP contribution < -0.4 is 14.8 Å². The van der Waals surface area contributed by atoms with Crippen molar-refractivity contribution in [2.45, 2.75) is 26.7 Å². The summed E-state index contributed by atoms with van der Waals surface area (Å²) in [6.07, 6.45) is 2.02. The fraction of sp³-hybridized carbons (Fsp3) is 0.562. The summed E-state index contributed by atoms with van der Waals surface area (Å²) in [5.41, 5.74) is 0.639. The monoisotopic (exact) mass is 357 g/mol. The van der Waals surface area contributed by atoms with Gasteiger partial charge in [-0.1, -0.05) is 29.8 Å². The molecule has 1 rings (SSSR count). The first kappa shape index (κ1) is 17.8. The summed E-state index contributed by atoms with van der Waals surface area (Å²) in [5, 5.41) is 3.88. The van der Waals surface area contributed by atoms with Crippen molar-refractivity contribution < 1.29 is 14.3 Å². The minimum Gasteiger partial charge on any atom is -0.497 e. The van der Waals surface area contributed by atoms with Crippen LogP contribution in [0.2, 0.25) is 0 Å². The minimum atomic E-state index is -0.112. The molecule has 118 valence electrons. The molecule has 1 N–H and O–H groups in total. The lowest BCUT2D eigenvalue weighted by Gasteiger charge is -2.29. The number of halogens is 1. The minimum absolute atomic E-state index is 0.0958. The van der Waals surface area contributed by atoms with Gasteiger partial charge in [-0.3, -0.25) is 4.79 Å². The predicted octanol–water partition coefficient (Wildman–Crippen LogP) is 3.63. The van der Waals surface area contributed by atoms with E-state index in [0.717, 1.165) is 18.2 Å². The molecule has 0 saturated carbocycles. The molecule has 5 heteroatoms. The Bertz CT molecular complexity index is 442. The first-order valence-electron chi connectivity index (χ1n) is 7.11. The van der Waals surface area contributed by atoms with E-state index in [1.165, 1.54) is 0 Å². The van der Waals surface area contributed by atoms with E-state index in [1.54, 1.807) is 32.4 Å². The Morgan fingerprint density at radius 2 is 1.67 bits per heavy atom. The maximum absolute atomic E-state index is 12.3. The highest BCUT2D eigenvalue weighted by atomic mass is 79.9. The van der Waals surface area contributed by atoms with E-state index in [1.807, 2.05) is 0 Å². The number of ether oxygens (including phenoxy) is 2. The largest absolute Gasteiger partial charge is 0.497 e. The molecule has 0 saturated heterocycles. The number of hydrogen-bond acceptors (Lipinski definition) is 3. The van der Waals surface area contributed by atoms with Gasteiger partial charge in [0.2, 0.25) is 0 Å². The molecule has 0 unspecified atom stereocenters. The average molecular weight is 358 g/mol. The van der Waals surface area contributed by atoms with Gasteiger partial charge in [0.1, 0.15) is 11.5 Å². The van der Waals surface area contributed by atoms with E-state index in [0.29, 0.717) is 23.6 Å². The summed E-state index contributed by atoms with van der Waals surface area (Å²) in [6, 6.07) is 5.18. The van der Waals surface area contributed by atoms with Gasteiger partial charge in [-0.05, 0) is 30.4 Å². The smallest absolute Gasteiger partial charge is 0.251 e. The van der Waals surface area contributed by atoms with Gasteiger partial charge in [0.25, 0.3) is 5.91 Å². The second-order valence-electron chi connectivity index (χ2n) is 5.12. The number of methoxy groups -OCH3 is 2. The molecule has 0 aliphatic carbocycles. The SMILES string of the molecule is CCC(CC)(CBr)CNC(=O)c1cc(OC)cc(OC)c1. The first-order chi connectivity index (χ1) is 10.0. The van der Waals surface area contributed by atoms with Crippen LogP contribution in [0.5, 0.6) is 11.5 Å². The first-order valence-corrected chi connectivity index (χ1v) is 8.23. The number of nitrogens with one attached hydrogen (secondary N) is 1. The van der Waals surface area contributed by atoms with Gasteiger partial charge in [0.05, 0.1) is 14.2 Å². The summed E-state index contributed by atoms with van der Waals surface area (Å²) in [5.74, 6) is 1.11. The zero-order chi connectivity index (χ0) is 15.9. The quantitative estimate of drug-likeness (QED) is 0.722. The number of rotatable bonds is 8. The second-order valence-corrected chi connectivity index (χ2v) is 5.69. The van der Waals surface area contributed by atoms with Crippen LogP contribution in [0.4, 0.5) is 0 Å². The van der Waals surface area contributed by atoms with Gasteiger partial charge < -0.3 is 14.8 Å². The van der Waals surface area contributed by atoms with Crippen LogP contribution in [0.25, 0.3) is 0 Å². The second kappa shape index (κ2) is 8.27. The number of benzene rings is 1. The van der Waals surface area contributed by atoms with Crippen LogP contribution in [-0.2, 0) is 0 Å². The summed E-state index contributed by atoms with van der Waals surface area (Å²) in [6.45, 7) is 4.93. The molecule has 0 spiro atoms. The fourth-order valence-electron chi connectivity index (χ4n) is 2.04. The van der Waals surface area contributed by atoms with Crippen molar-refractivity contribution in [3.05, 3.63) is 23.8 Å². The van der Waals surface area contributed by atoms with Crippen molar-refractivity contribution >= 4 is 21.8 Å². The molecule has 0 aromatic heterocycles. The van der Waals surface area contributed by atoms with Crippen molar-refractivity contribution in [2.75, 3.05) is 26.1 Å². The fourth-order valence-corrected chi connectivity index (χ4v) is 3.04. The molecule has 0 heterocycles. The van der Waals surface area contributed by atoms with E-state index in [2.05, 4.69) is 35.1 Å². The van der Waals surface area contributed by atoms with Crippen LogP contribution in [0.15, 0.2) is 18.2 Å². The lowest BCUT2D eigenvalue weighted by atomic mass is 9.84. The number of amides is 1. The summed E-state index contributed by atoms with van der Waals surface area (Å²) in [7, 11) is 3.14. The predicted molar refractivity (Wildman–Crippen MR) is 88.7 cm³/mol. The molecule has 1 aromatic carbocycles. The Balaban J connectivity index is 2.84. The third-order valence-electron chi connectivity index (χ3n) is 4.02. The molecule has 0 fully saturated rings. The number of hydrogen-bond donors (Lipinski definition) is 1. The summed E-state index contributed by atoms with van der Waals surface area (Å²) in [4.78, 5) is 12.3. The molecule has 1 amide bonds. The molecule has 0 atom stereocenters. The number of carbonyl (C=O) groups excluding carboxylic acids is 1. The van der Waals surface area contributed by atoms with Crippen molar-refractivity contribution in [3.8, 4) is 11.5 Å². The van der Waals surface area contributed by atoms with Crippen LogP contribution in [0.1, 0.15) is 37.0 Å². The van der Waals surface area contributed by atoms with Crippen molar-refractivity contribution in [2.24, 2.45) is 5.41 Å². The van der Waals surface area contributed by atoms with Gasteiger partial charge in [0.15, 0.2) is 0 Å². The number of alkyl halides is 1. The molecule has 0 aliphatic heterocycles. The molecule has 4 nitrogen and oxygen atoms in total. The Labute approximate surface area is 135 Å². The number of carbonyl (C=O) groups is 1. The zero-order valence-corrected chi connectivity index (χ0v) is 14.7. The third-order valence-corrected chi connectivity index (χ3v) is 5.21. The lowest BCUT2D eigenvalue weighted by molar-refractivity contribution is 0.0931.